The van der Waals surface area contributed by atoms with Gasteiger partial charge >= 0.3 is 0 Å². The third-order valence-corrected chi connectivity index (χ3v) is 5.87. The minimum absolute atomic E-state index is 0.00831. The van der Waals surface area contributed by atoms with Gasteiger partial charge in [-0.25, -0.2) is 8.42 Å². The highest BCUT2D eigenvalue weighted by Crippen LogP contribution is 2.23. The van der Waals surface area contributed by atoms with E-state index in [1.807, 2.05) is 6.92 Å². The molecule has 0 bridgehead atoms. The summed E-state index contributed by atoms with van der Waals surface area (Å²) in [5, 5.41) is 3.67. The highest BCUT2D eigenvalue weighted by Gasteiger charge is 2.26. The fourth-order valence-electron chi connectivity index (χ4n) is 2.94. The van der Waals surface area contributed by atoms with Crippen molar-refractivity contribution >= 4 is 21.6 Å². The number of benzene rings is 1. The Labute approximate surface area is 152 Å². The fraction of sp³-hybridized carbons (Fsp3) is 0.412. The van der Waals surface area contributed by atoms with Crippen molar-refractivity contribution in [1.29, 1.82) is 0 Å². The maximum atomic E-state index is 12.6. The van der Waals surface area contributed by atoms with Crippen LogP contribution in [0.5, 0.6) is 0 Å². The predicted octanol–water partition coefficient (Wildman–Crippen LogP) is 1.95. The van der Waals surface area contributed by atoms with Crippen LogP contribution >= 0.6 is 0 Å². The molecule has 9 heteroatoms. The number of rotatable bonds is 4. The van der Waals surface area contributed by atoms with Crippen LogP contribution in [0.3, 0.4) is 0 Å². The van der Waals surface area contributed by atoms with Gasteiger partial charge in [0.2, 0.25) is 0 Å². The van der Waals surface area contributed by atoms with Crippen LogP contribution in [0.15, 0.2) is 33.7 Å². The summed E-state index contributed by atoms with van der Waals surface area (Å²) < 4.78 is 37.8. The van der Waals surface area contributed by atoms with Crippen LogP contribution in [-0.2, 0) is 14.8 Å². The summed E-state index contributed by atoms with van der Waals surface area (Å²) in [6.45, 7) is 6.62. The molecule has 1 unspecified atom stereocenters. The number of aromatic nitrogens is 1. The molecule has 0 saturated carbocycles. The molecule has 1 saturated heterocycles. The SMILES string of the molecule is Cc1noc(C)c1S(=O)(=O)Nc1ccc(C(=O)N2CCOCC2C)cc1. The number of hydrogen-bond acceptors (Lipinski definition) is 6. The van der Waals surface area contributed by atoms with E-state index in [4.69, 9.17) is 9.26 Å². The lowest BCUT2D eigenvalue weighted by molar-refractivity contribution is 0.00359. The zero-order chi connectivity index (χ0) is 18.9. The molecule has 0 aliphatic carbocycles. The van der Waals surface area contributed by atoms with E-state index < -0.39 is 10.0 Å². The van der Waals surface area contributed by atoms with Crippen molar-refractivity contribution in [1.82, 2.24) is 10.1 Å². The van der Waals surface area contributed by atoms with Crippen LogP contribution in [0.2, 0.25) is 0 Å². The predicted molar refractivity (Wildman–Crippen MR) is 94.5 cm³/mol. The summed E-state index contributed by atoms with van der Waals surface area (Å²) >= 11 is 0. The molecule has 2 heterocycles. The first-order valence-corrected chi connectivity index (χ1v) is 9.72. The Morgan fingerprint density at radius 1 is 1.27 bits per heavy atom. The molecule has 8 nitrogen and oxygen atoms in total. The van der Waals surface area contributed by atoms with Gasteiger partial charge in [-0.05, 0) is 45.0 Å². The van der Waals surface area contributed by atoms with Gasteiger partial charge in [0.25, 0.3) is 15.9 Å². The molecule has 0 spiro atoms. The van der Waals surface area contributed by atoms with E-state index in [1.54, 1.807) is 43.0 Å². The Hall–Kier alpha value is -2.39. The minimum atomic E-state index is -3.81. The number of ether oxygens (including phenoxy) is 1. The number of sulfonamides is 1. The van der Waals surface area contributed by atoms with Gasteiger partial charge in [0.1, 0.15) is 5.69 Å². The molecule has 1 aromatic heterocycles. The number of nitrogens with one attached hydrogen (secondary N) is 1. The minimum Gasteiger partial charge on any atom is -0.377 e. The monoisotopic (exact) mass is 379 g/mol. The summed E-state index contributed by atoms with van der Waals surface area (Å²) in [6.07, 6.45) is 0. The van der Waals surface area contributed by atoms with E-state index in [1.165, 1.54) is 0 Å². The van der Waals surface area contributed by atoms with E-state index >= 15 is 0 Å². The standard InChI is InChI=1S/C17H21N3O5S/c1-11-10-24-9-8-20(11)17(21)14-4-6-15(7-5-14)19-26(22,23)16-12(2)18-25-13(16)3/h4-7,11,19H,8-10H2,1-3H3. The summed E-state index contributed by atoms with van der Waals surface area (Å²) in [4.78, 5) is 14.4. The largest absolute Gasteiger partial charge is 0.377 e. The molecular formula is C17H21N3O5S. The average Bonchev–Trinajstić information content (AvgIpc) is 2.94. The van der Waals surface area contributed by atoms with Gasteiger partial charge in [-0.2, -0.15) is 0 Å². The molecule has 1 aromatic carbocycles. The molecule has 1 amide bonds. The van der Waals surface area contributed by atoms with Crippen LogP contribution in [0.1, 0.15) is 28.7 Å². The van der Waals surface area contributed by atoms with Crippen LogP contribution < -0.4 is 4.72 Å². The lowest BCUT2D eigenvalue weighted by atomic mass is 10.1. The number of nitrogens with zero attached hydrogens (tertiary/aromatic N) is 2. The van der Waals surface area contributed by atoms with Crippen molar-refractivity contribution in [3.05, 3.63) is 41.3 Å². The molecular weight excluding hydrogens is 358 g/mol. The number of carbonyl (C=O) groups is 1. The van der Waals surface area contributed by atoms with Gasteiger partial charge < -0.3 is 14.2 Å². The molecule has 26 heavy (non-hydrogen) atoms. The lowest BCUT2D eigenvalue weighted by Gasteiger charge is -2.33. The number of amides is 1. The average molecular weight is 379 g/mol. The zero-order valence-corrected chi connectivity index (χ0v) is 15.7. The fourth-order valence-corrected chi connectivity index (χ4v) is 4.33. The maximum Gasteiger partial charge on any atom is 0.267 e. The first-order chi connectivity index (χ1) is 12.3. The van der Waals surface area contributed by atoms with Crippen LogP contribution in [0.4, 0.5) is 5.69 Å². The molecule has 1 aliphatic rings. The van der Waals surface area contributed by atoms with Gasteiger partial charge in [0.05, 0.1) is 19.3 Å². The van der Waals surface area contributed by atoms with Crippen LogP contribution in [-0.4, -0.2) is 50.2 Å². The molecule has 1 atom stereocenters. The van der Waals surface area contributed by atoms with E-state index in [0.29, 0.717) is 36.7 Å². The number of morpholine rings is 1. The third kappa shape index (κ3) is 3.58. The van der Waals surface area contributed by atoms with Crippen LogP contribution in [0, 0.1) is 13.8 Å². The first-order valence-electron chi connectivity index (χ1n) is 8.24. The Morgan fingerprint density at radius 2 is 1.96 bits per heavy atom. The molecule has 140 valence electrons. The van der Waals surface area contributed by atoms with Crippen molar-refractivity contribution in [2.75, 3.05) is 24.5 Å². The normalized spacial score (nSPS) is 18.0. The lowest BCUT2D eigenvalue weighted by Crippen LogP contribution is -2.47. The summed E-state index contributed by atoms with van der Waals surface area (Å²) in [6, 6.07) is 6.35. The molecule has 1 fully saturated rings. The number of carbonyl (C=O) groups excluding carboxylic acids is 1. The summed E-state index contributed by atoms with van der Waals surface area (Å²) in [5.74, 6) is 0.129. The van der Waals surface area contributed by atoms with Gasteiger partial charge in [0.15, 0.2) is 10.7 Å². The number of aryl methyl sites for hydroxylation is 2. The summed E-state index contributed by atoms with van der Waals surface area (Å²) in [7, 11) is -3.81. The van der Waals surface area contributed by atoms with Gasteiger partial charge in [-0.1, -0.05) is 5.16 Å². The third-order valence-electron chi connectivity index (χ3n) is 4.25. The van der Waals surface area contributed by atoms with E-state index in [2.05, 4.69) is 9.88 Å². The van der Waals surface area contributed by atoms with Crippen LogP contribution in [0.25, 0.3) is 0 Å². The first kappa shape index (κ1) is 18.4. The van der Waals surface area contributed by atoms with Crippen molar-refractivity contribution in [2.45, 2.75) is 31.7 Å². The second kappa shape index (κ2) is 7.08. The second-order valence-electron chi connectivity index (χ2n) is 6.26. The Kier molecular flexibility index (Phi) is 5.01. The van der Waals surface area contributed by atoms with Crippen molar-refractivity contribution in [2.24, 2.45) is 0 Å². The zero-order valence-electron chi connectivity index (χ0n) is 14.9. The number of anilines is 1. The van der Waals surface area contributed by atoms with Gasteiger partial charge in [-0.15, -0.1) is 0 Å². The van der Waals surface area contributed by atoms with Crippen molar-refractivity contribution in [3.63, 3.8) is 0 Å². The molecule has 3 rings (SSSR count). The van der Waals surface area contributed by atoms with Gasteiger partial charge in [0, 0.05) is 17.8 Å². The second-order valence-corrected chi connectivity index (χ2v) is 7.88. The summed E-state index contributed by atoms with van der Waals surface area (Å²) in [5.41, 5.74) is 1.15. The Morgan fingerprint density at radius 3 is 2.54 bits per heavy atom. The molecule has 1 aliphatic heterocycles. The molecule has 0 radical (unpaired) electrons. The maximum absolute atomic E-state index is 12.6. The quantitative estimate of drug-likeness (QED) is 0.871. The topological polar surface area (TPSA) is 102 Å². The van der Waals surface area contributed by atoms with Crippen molar-refractivity contribution in [3.8, 4) is 0 Å². The Bertz CT molecular complexity index is 885. The molecule has 2 aromatic rings. The highest BCUT2D eigenvalue weighted by molar-refractivity contribution is 7.92. The van der Waals surface area contributed by atoms with E-state index in [0.717, 1.165) is 0 Å². The van der Waals surface area contributed by atoms with Crippen molar-refractivity contribution < 1.29 is 22.5 Å². The Balaban J connectivity index is 1.77. The highest BCUT2D eigenvalue weighted by atomic mass is 32.2. The number of hydrogen-bond donors (Lipinski definition) is 1. The van der Waals surface area contributed by atoms with Gasteiger partial charge in [-0.3, -0.25) is 9.52 Å². The van der Waals surface area contributed by atoms with E-state index in [9.17, 15) is 13.2 Å². The van der Waals surface area contributed by atoms with E-state index in [-0.39, 0.29) is 22.6 Å². The molecule has 1 N–H and O–H groups in total. The smallest absolute Gasteiger partial charge is 0.267 e.